The molecular formula is C14H20N2O2S2. The van der Waals surface area contributed by atoms with Gasteiger partial charge in [-0.1, -0.05) is 43.8 Å². The van der Waals surface area contributed by atoms with Crippen molar-refractivity contribution in [3.8, 4) is 0 Å². The molecule has 0 amide bonds. The van der Waals surface area contributed by atoms with Crippen LogP contribution in [0.15, 0.2) is 29.2 Å². The summed E-state index contributed by atoms with van der Waals surface area (Å²) in [5.74, 6) is 1.12. The van der Waals surface area contributed by atoms with Crippen LogP contribution in [0.4, 0.5) is 0 Å². The van der Waals surface area contributed by atoms with E-state index in [0.717, 1.165) is 12.8 Å². The van der Waals surface area contributed by atoms with E-state index in [1.807, 2.05) is 0 Å². The summed E-state index contributed by atoms with van der Waals surface area (Å²) in [7, 11) is -3.56. The highest BCUT2D eigenvalue weighted by molar-refractivity contribution is 7.89. The maximum atomic E-state index is 12.4. The van der Waals surface area contributed by atoms with E-state index in [1.54, 1.807) is 18.2 Å². The molecule has 110 valence electrons. The standard InChI is InChI=1S/C14H20N2O2S2/c1-10-6-7-11(8-10)9-16-20(17,18)13-5-3-2-4-12(13)14(15)19/h2-5,10-11,16H,6-9H2,1H3,(H2,15,19). The van der Waals surface area contributed by atoms with Gasteiger partial charge in [-0.2, -0.15) is 0 Å². The maximum Gasteiger partial charge on any atom is 0.241 e. The van der Waals surface area contributed by atoms with Crippen molar-refractivity contribution >= 4 is 27.2 Å². The van der Waals surface area contributed by atoms with Crippen LogP contribution in [0.25, 0.3) is 0 Å². The SMILES string of the molecule is CC1CCC(CNS(=O)(=O)c2ccccc2C(N)=S)C1. The number of hydrogen-bond acceptors (Lipinski definition) is 3. The van der Waals surface area contributed by atoms with E-state index in [2.05, 4.69) is 11.6 Å². The third-order valence-electron chi connectivity index (χ3n) is 3.81. The van der Waals surface area contributed by atoms with Crippen LogP contribution in [-0.2, 0) is 10.0 Å². The molecule has 2 unspecified atom stereocenters. The zero-order valence-electron chi connectivity index (χ0n) is 11.5. The fraction of sp³-hybridized carbons (Fsp3) is 0.500. The molecule has 4 nitrogen and oxygen atoms in total. The summed E-state index contributed by atoms with van der Waals surface area (Å²) in [5, 5.41) is 0. The minimum absolute atomic E-state index is 0.0977. The Hall–Kier alpha value is -0.980. The van der Waals surface area contributed by atoms with Gasteiger partial charge in [0.1, 0.15) is 4.99 Å². The van der Waals surface area contributed by atoms with Crippen LogP contribution in [0, 0.1) is 11.8 Å². The number of sulfonamides is 1. The Labute approximate surface area is 125 Å². The molecule has 1 saturated carbocycles. The highest BCUT2D eigenvalue weighted by Gasteiger charge is 2.25. The van der Waals surface area contributed by atoms with E-state index >= 15 is 0 Å². The maximum absolute atomic E-state index is 12.4. The zero-order chi connectivity index (χ0) is 14.8. The third kappa shape index (κ3) is 3.56. The minimum atomic E-state index is -3.56. The summed E-state index contributed by atoms with van der Waals surface area (Å²) in [6.45, 7) is 2.69. The number of benzene rings is 1. The summed E-state index contributed by atoms with van der Waals surface area (Å²) in [6.07, 6.45) is 3.34. The van der Waals surface area contributed by atoms with Gasteiger partial charge in [-0.05, 0) is 30.7 Å². The van der Waals surface area contributed by atoms with Crippen LogP contribution in [0.1, 0.15) is 31.7 Å². The van der Waals surface area contributed by atoms with Gasteiger partial charge in [-0.25, -0.2) is 13.1 Å². The topological polar surface area (TPSA) is 72.2 Å². The molecule has 1 aliphatic rings. The summed E-state index contributed by atoms with van der Waals surface area (Å²) in [5.41, 5.74) is 5.98. The number of nitrogens with one attached hydrogen (secondary N) is 1. The van der Waals surface area contributed by atoms with Gasteiger partial charge in [0.25, 0.3) is 0 Å². The first-order valence-electron chi connectivity index (χ1n) is 6.78. The summed E-state index contributed by atoms with van der Waals surface area (Å²) >= 11 is 4.91. The molecule has 0 aliphatic heterocycles. The first-order chi connectivity index (χ1) is 9.40. The fourth-order valence-electron chi connectivity index (χ4n) is 2.72. The first-order valence-corrected chi connectivity index (χ1v) is 8.68. The van der Waals surface area contributed by atoms with Gasteiger partial charge in [-0.3, -0.25) is 0 Å². The van der Waals surface area contributed by atoms with Crippen molar-refractivity contribution in [2.24, 2.45) is 17.6 Å². The van der Waals surface area contributed by atoms with Crippen molar-refractivity contribution in [2.75, 3.05) is 6.54 Å². The largest absolute Gasteiger partial charge is 0.389 e. The minimum Gasteiger partial charge on any atom is -0.389 e. The predicted octanol–water partition coefficient (Wildman–Crippen LogP) is 2.04. The Kier molecular flexibility index (Phi) is 4.78. The van der Waals surface area contributed by atoms with E-state index in [-0.39, 0.29) is 9.88 Å². The van der Waals surface area contributed by atoms with E-state index in [4.69, 9.17) is 18.0 Å². The van der Waals surface area contributed by atoms with Crippen molar-refractivity contribution in [2.45, 2.75) is 31.1 Å². The number of hydrogen-bond donors (Lipinski definition) is 2. The molecule has 1 aliphatic carbocycles. The van der Waals surface area contributed by atoms with E-state index in [0.29, 0.717) is 23.9 Å². The van der Waals surface area contributed by atoms with Crippen LogP contribution in [0.2, 0.25) is 0 Å². The van der Waals surface area contributed by atoms with E-state index < -0.39 is 10.0 Å². The van der Waals surface area contributed by atoms with Crippen LogP contribution >= 0.6 is 12.2 Å². The second kappa shape index (κ2) is 6.20. The van der Waals surface area contributed by atoms with Gasteiger partial charge in [0, 0.05) is 12.1 Å². The Balaban J connectivity index is 2.12. The molecule has 0 saturated heterocycles. The second-order valence-electron chi connectivity index (χ2n) is 5.50. The Morgan fingerprint density at radius 1 is 1.40 bits per heavy atom. The Bertz CT molecular complexity index is 599. The molecule has 0 bridgehead atoms. The molecule has 1 aromatic carbocycles. The van der Waals surface area contributed by atoms with Crippen LogP contribution in [0.3, 0.4) is 0 Å². The average Bonchev–Trinajstić information content (AvgIpc) is 2.82. The van der Waals surface area contributed by atoms with Gasteiger partial charge in [0.2, 0.25) is 10.0 Å². The molecular weight excluding hydrogens is 292 g/mol. The average molecular weight is 312 g/mol. The Morgan fingerprint density at radius 3 is 2.70 bits per heavy atom. The monoisotopic (exact) mass is 312 g/mol. The molecule has 0 heterocycles. The fourth-order valence-corrected chi connectivity index (χ4v) is 4.30. The lowest BCUT2D eigenvalue weighted by Gasteiger charge is -2.13. The molecule has 0 aromatic heterocycles. The van der Waals surface area contributed by atoms with Crippen molar-refractivity contribution < 1.29 is 8.42 Å². The normalized spacial score (nSPS) is 22.9. The smallest absolute Gasteiger partial charge is 0.241 e. The number of nitrogens with two attached hydrogens (primary N) is 1. The quantitative estimate of drug-likeness (QED) is 0.816. The van der Waals surface area contributed by atoms with E-state index in [9.17, 15) is 8.42 Å². The van der Waals surface area contributed by atoms with E-state index in [1.165, 1.54) is 12.5 Å². The Morgan fingerprint density at radius 2 is 2.10 bits per heavy atom. The van der Waals surface area contributed by atoms with Gasteiger partial charge >= 0.3 is 0 Å². The van der Waals surface area contributed by atoms with Gasteiger partial charge in [0.15, 0.2) is 0 Å². The van der Waals surface area contributed by atoms with Gasteiger partial charge < -0.3 is 5.73 Å². The molecule has 3 N–H and O–H groups in total. The van der Waals surface area contributed by atoms with Crippen LogP contribution < -0.4 is 10.5 Å². The molecule has 6 heteroatoms. The summed E-state index contributed by atoms with van der Waals surface area (Å²) < 4.78 is 27.4. The van der Waals surface area contributed by atoms with Crippen molar-refractivity contribution in [3.05, 3.63) is 29.8 Å². The second-order valence-corrected chi connectivity index (χ2v) is 7.67. The molecule has 2 rings (SSSR count). The molecule has 0 radical (unpaired) electrons. The highest BCUT2D eigenvalue weighted by Crippen LogP contribution is 2.30. The molecule has 1 aromatic rings. The lowest BCUT2D eigenvalue weighted by Crippen LogP contribution is -2.30. The van der Waals surface area contributed by atoms with Crippen molar-refractivity contribution in [3.63, 3.8) is 0 Å². The lowest BCUT2D eigenvalue weighted by molar-refractivity contribution is 0.498. The number of thiocarbonyl (C=S) groups is 1. The number of rotatable bonds is 5. The van der Waals surface area contributed by atoms with Crippen molar-refractivity contribution in [1.29, 1.82) is 0 Å². The predicted molar refractivity (Wildman–Crippen MR) is 84.0 cm³/mol. The molecule has 20 heavy (non-hydrogen) atoms. The van der Waals surface area contributed by atoms with Crippen LogP contribution in [0.5, 0.6) is 0 Å². The molecule has 1 fully saturated rings. The third-order valence-corrected chi connectivity index (χ3v) is 5.51. The summed E-state index contributed by atoms with van der Waals surface area (Å²) in [6, 6.07) is 6.57. The first kappa shape index (κ1) is 15.4. The van der Waals surface area contributed by atoms with Crippen LogP contribution in [-0.4, -0.2) is 20.0 Å². The zero-order valence-corrected chi connectivity index (χ0v) is 13.1. The molecule has 2 atom stereocenters. The molecule has 0 spiro atoms. The van der Waals surface area contributed by atoms with Crippen molar-refractivity contribution in [1.82, 2.24) is 4.72 Å². The van der Waals surface area contributed by atoms with Gasteiger partial charge in [0.05, 0.1) is 4.90 Å². The summed E-state index contributed by atoms with van der Waals surface area (Å²) in [4.78, 5) is 0.263. The lowest BCUT2D eigenvalue weighted by atomic mass is 10.1. The highest BCUT2D eigenvalue weighted by atomic mass is 32.2. The van der Waals surface area contributed by atoms with Gasteiger partial charge in [-0.15, -0.1) is 0 Å².